The van der Waals surface area contributed by atoms with Crippen LogP contribution in [0.1, 0.15) is 32.9 Å². The molecule has 3 aromatic carbocycles. The summed E-state index contributed by atoms with van der Waals surface area (Å²) in [5, 5.41) is 14.3. The van der Waals surface area contributed by atoms with Crippen molar-refractivity contribution in [2.45, 2.75) is 19.6 Å². The molecule has 1 aliphatic rings. The Morgan fingerprint density at radius 3 is 2.57 bits per heavy atom. The molecule has 2 heterocycles. The standard InChI is InChI=1S/C26H19N3O6/c1-15-27-22-9-4-17(13-20(22)25(30)34-15)12-18-5-10-23-21(14-18)26(31)35-24(28-23)11-6-16-2-7-19(8-3-16)29(32)33/h2-11,13-14,24,28H,12H2,1H3/b11-6+/t24-/m0/s1. The number of ether oxygens (including phenoxy) is 1. The number of carbonyl (C=O) groups is 1. The predicted octanol–water partition coefficient (Wildman–Crippen LogP) is 4.62. The lowest BCUT2D eigenvalue weighted by Gasteiger charge is -2.25. The van der Waals surface area contributed by atoms with Crippen LogP contribution in [0.5, 0.6) is 0 Å². The third-order valence-corrected chi connectivity index (χ3v) is 5.61. The van der Waals surface area contributed by atoms with E-state index in [1.54, 1.807) is 49.4 Å². The number of non-ortho nitro benzene ring substituents is 1. The minimum Gasteiger partial charge on any atom is -0.434 e. The highest BCUT2D eigenvalue weighted by atomic mass is 16.6. The number of esters is 1. The minimum absolute atomic E-state index is 0.00743. The molecule has 0 saturated carbocycles. The van der Waals surface area contributed by atoms with Crippen molar-refractivity contribution in [3.63, 3.8) is 0 Å². The molecule has 1 aliphatic heterocycles. The zero-order valence-electron chi connectivity index (χ0n) is 18.6. The van der Waals surface area contributed by atoms with Crippen molar-refractivity contribution >= 4 is 34.3 Å². The number of benzene rings is 3. The Hall–Kier alpha value is -4.79. The molecule has 0 bridgehead atoms. The molecule has 5 rings (SSSR count). The number of nitro groups is 1. The zero-order chi connectivity index (χ0) is 24.5. The van der Waals surface area contributed by atoms with E-state index in [4.69, 9.17) is 9.15 Å². The van der Waals surface area contributed by atoms with Crippen LogP contribution in [0.4, 0.5) is 11.4 Å². The number of rotatable bonds is 5. The summed E-state index contributed by atoms with van der Waals surface area (Å²) >= 11 is 0. The number of carbonyl (C=O) groups excluding carboxylic acids is 1. The maximum absolute atomic E-state index is 12.6. The van der Waals surface area contributed by atoms with Crippen LogP contribution in [0.2, 0.25) is 0 Å². The van der Waals surface area contributed by atoms with Crippen LogP contribution in [0, 0.1) is 17.0 Å². The van der Waals surface area contributed by atoms with Crippen LogP contribution >= 0.6 is 0 Å². The fourth-order valence-corrected chi connectivity index (χ4v) is 3.92. The largest absolute Gasteiger partial charge is 0.434 e. The molecule has 0 amide bonds. The van der Waals surface area contributed by atoms with Gasteiger partial charge in [0.25, 0.3) is 5.69 Å². The number of hydrogen-bond donors (Lipinski definition) is 1. The van der Waals surface area contributed by atoms with E-state index in [0.717, 1.165) is 16.7 Å². The Morgan fingerprint density at radius 2 is 1.80 bits per heavy atom. The smallest absolute Gasteiger partial charge is 0.346 e. The second kappa shape index (κ2) is 8.86. The molecular formula is C26H19N3O6. The van der Waals surface area contributed by atoms with Gasteiger partial charge >= 0.3 is 11.6 Å². The van der Waals surface area contributed by atoms with Gasteiger partial charge in [-0.25, -0.2) is 14.6 Å². The Labute approximate surface area is 198 Å². The van der Waals surface area contributed by atoms with E-state index in [9.17, 15) is 19.7 Å². The second-order valence-corrected chi connectivity index (χ2v) is 8.11. The molecule has 1 aromatic heterocycles. The van der Waals surface area contributed by atoms with Gasteiger partial charge < -0.3 is 14.5 Å². The summed E-state index contributed by atoms with van der Waals surface area (Å²) in [7, 11) is 0. The lowest BCUT2D eigenvalue weighted by atomic mass is 10.00. The highest BCUT2D eigenvalue weighted by Crippen LogP contribution is 2.27. The molecule has 9 nitrogen and oxygen atoms in total. The summed E-state index contributed by atoms with van der Waals surface area (Å²) < 4.78 is 10.6. The number of hydrogen-bond acceptors (Lipinski definition) is 8. The Morgan fingerprint density at radius 1 is 1.06 bits per heavy atom. The van der Waals surface area contributed by atoms with E-state index in [0.29, 0.717) is 34.5 Å². The predicted molar refractivity (Wildman–Crippen MR) is 129 cm³/mol. The summed E-state index contributed by atoms with van der Waals surface area (Å²) in [6, 6.07) is 17.0. The van der Waals surface area contributed by atoms with Gasteiger partial charge in [0.05, 0.1) is 27.1 Å². The molecule has 35 heavy (non-hydrogen) atoms. The lowest BCUT2D eigenvalue weighted by Crippen LogP contribution is -2.30. The Balaban J connectivity index is 1.32. The van der Waals surface area contributed by atoms with E-state index in [1.807, 2.05) is 18.2 Å². The first kappa shape index (κ1) is 22.0. The van der Waals surface area contributed by atoms with E-state index in [-0.39, 0.29) is 5.69 Å². The van der Waals surface area contributed by atoms with Crippen LogP contribution in [-0.2, 0) is 11.2 Å². The van der Waals surface area contributed by atoms with Gasteiger partial charge in [-0.3, -0.25) is 10.1 Å². The number of aromatic nitrogens is 1. The molecule has 0 unspecified atom stereocenters. The van der Waals surface area contributed by atoms with Crippen molar-refractivity contribution in [3.05, 3.63) is 115 Å². The molecule has 9 heteroatoms. The van der Waals surface area contributed by atoms with E-state index < -0.39 is 22.7 Å². The first-order valence-corrected chi connectivity index (χ1v) is 10.8. The molecule has 174 valence electrons. The van der Waals surface area contributed by atoms with Crippen LogP contribution < -0.4 is 10.9 Å². The summed E-state index contributed by atoms with van der Waals surface area (Å²) in [5.41, 5.74) is 3.72. The van der Waals surface area contributed by atoms with E-state index in [1.165, 1.54) is 12.1 Å². The van der Waals surface area contributed by atoms with Crippen LogP contribution in [0.15, 0.2) is 76.0 Å². The van der Waals surface area contributed by atoms with Crippen molar-refractivity contribution in [1.82, 2.24) is 4.98 Å². The third kappa shape index (κ3) is 4.65. The maximum Gasteiger partial charge on any atom is 0.346 e. The molecule has 1 atom stereocenters. The molecule has 0 saturated heterocycles. The number of anilines is 1. The number of nitro benzene ring substituents is 1. The third-order valence-electron chi connectivity index (χ3n) is 5.61. The van der Waals surface area contributed by atoms with Gasteiger partial charge in [-0.2, -0.15) is 0 Å². The van der Waals surface area contributed by atoms with Crippen molar-refractivity contribution in [2.24, 2.45) is 0 Å². The number of nitrogens with one attached hydrogen (secondary N) is 1. The van der Waals surface area contributed by atoms with E-state index >= 15 is 0 Å². The number of aryl methyl sites for hydroxylation is 1. The summed E-state index contributed by atoms with van der Waals surface area (Å²) in [6.07, 6.45) is 3.23. The Kier molecular flexibility index (Phi) is 5.58. The van der Waals surface area contributed by atoms with E-state index in [2.05, 4.69) is 10.3 Å². The lowest BCUT2D eigenvalue weighted by molar-refractivity contribution is -0.384. The summed E-state index contributed by atoms with van der Waals surface area (Å²) in [6.45, 7) is 1.63. The van der Waals surface area contributed by atoms with Gasteiger partial charge in [-0.1, -0.05) is 18.2 Å². The van der Waals surface area contributed by atoms with Crippen molar-refractivity contribution in [2.75, 3.05) is 5.32 Å². The fourth-order valence-electron chi connectivity index (χ4n) is 3.92. The molecule has 0 radical (unpaired) electrons. The first-order valence-electron chi connectivity index (χ1n) is 10.8. The van der Waals surface area contributed by atoms with Crippen LogP contribution in [-0.4, -0.2) is 22.1 Å². The topological polar surface area (TPSA) is 125 Å². The molecule has 0 aliphatic carbocycles. The molecular weight excluding hydrogens is 450 g/mol. The summed E-state index contributed by atoms with van der Waals surface area (Å²) in [4.78, 5) is 39.3. The molecule has 1 N–H and O–H groups in total. The normalized spacial score (nSPS) is 15.0. The average molecular weight is 469 g/mol. The first-order chi connectivity index (χ1) is 16.9. The molecule has 4 aromatic rings. The highest BCUT2D eigenvalue weighted by Gasteiger charge is 2.24. The Bertz CT molecular complexity index is 1560. The van der Waals surface area contributed by atoms with Crippen LogP contribution in [0.3, 0.4) is 0 Å². The van der Waals surface area contributed by atoms with Gasteiger partial charge in [-0.05, 0) is 65.6 Å². The quantitative estimate of drug-likeness (QED) is 0.255. The number of cyclic esters (lactones) is 1. The number of fused-ring (bicyclic) bond motifs is 2. The van der Waals surface area contributed by atoms with Crippen molar-refractivity contribution in [1.29, 1.82) is 0 Å². The van der Waals surface area contributed by atoms with Gasteiger partial charge in [0.1, 0.15) is 0 Å². The highest BCUT2D eigenvalue weighted by molar-refractivity contribution is 5.97. The average Bonchev–Trinajstić information content (AvgIpc) is 2.84. The van der Waals surface area contributed by atoms with Crippen molar-refractivity contribution < 1.29 is 18.9 Å². The second-order valence-electron chi connectivity index (χ2n) is 8.11. The molecule has 0 fully saturated rings. The maximum atomic E-state index is 12.6. The molecule has 0 spiro atoms. The van der Waals surface area contributed by atoms with Gasteiger partial charge in [-0.15, -0.1) is 0 Å². The van der Waals surface area contributed by atoms with Crippen molar-refractivity contribution in [3.8, 4) is 0 Å². The summed E-state index contributed by atoms with van der Waals surface area (Å²) in [5.74, 6) is -0.144. The van der Waals surface area contributed by atoms with Gasteiger partial charge in [0.2, 0.25) is 0 Å². The van der Waals surface area contributed by atoms with Crippen LogP contribution in [0.25, 0.3) is 17.0 Å². The SMILES string of the molecule is Cc1nc2ccc(Cc3ccc4c(c3)C(=O)O[C@@H](/C=C/c3ccc([N+](=O)[O-])cc3)N4)cc2c(=O)o1. The zero-order valence-corrected chi connectivity index (χ0v) is 18.6. The fraction of sp³-hybridized carbons (Fsp3) is 0.115. The van der Waals surface area contributed by atoms with Gasteiger partial charge in [0, 0.05) is 19.1 Å². The minimum atomic E-state index is -0.674. The number of nitrogens with zero attached hydrogens (tertiary/aromatic N) is 2. The monoisotopic (exact) mass is 469 g/mol. The van der Waals surface area contributed by atoms with Gasteiger partial charge in [0.15, 0.2) is 12.1 Å².